The van der Waals surface area contributed by atoms with Crippen LogP contribution in [0.25, 0.3) is 0 Å². The molecule has 7 nitrogen and oxygen atoms in total. The number of alkyl halides is 3. The fourth-order valence-electron chi connectivity index (χ4n) is 2.15. The Morgan fingerprint density at radius 3 is 2.61 bits per heavy atom. The molecule has 1 aromatic heterocycles. The summed E-state index contributed by atoms with van der Waals surface area (Å²) in [7, 11) is 1.41. The maximum absolute atomic E-state index is 12.6. The van der Waals surface area contributed by atoms with Gasteiger partial charge in [-0.3, -0.25) is 14.9 Å². The molecule has 12 heteroatoms. The number of rotatable bonds is 8. The zero-order chi connectivity index (χ0) is 20.7. The van der Waals surface area contributed by atoms with Crippen molar-refractivity contribution in [1.82, 2.24) is 15.5 Å². The van der Waals surface area contributed by atoms with Gasteiger partial charge < -0.3 is 10.1 Å². The number of benzene rings is 1. The number of carbonyl (C=O) groups excluding carboxylic acids is 2. The maximum Gasteiger partial charge on any atom is 0.445 e. The first-order chi connectivity index (χ1) is 13.3. The Kier molecular flexibility index (Phi) is 7.63. The van der Waals surface area contributed by atoms with Gasteiger partial charge in [-0.05, 0) is 30.6 Å². The number of hydrogen-bond acceptors (Lipinski definition) is 7. The molecular formula is C16H17F3N4O3S2. The Hall–Kier alpha value is -2.34. The van der Waals surface area contributed by atoms with Crippen LogP contribution in [0.2, 0.25) is 0 Å². The Labute approximate surface area is 167 Å². The van der Waals surface area contributed by atoms with Gasteiger partial charge in [0.15, 0.2) is 0 Å². The van der Waals surface area contributed by atoms with E-state index in [1.807, 2.05) is 6.26 Å². The van der Waals surface area contributed by atoms with E-state index < -0.39 is 29.0 Å². The summed E-state index contributed by atoms with van der Waals surface area (Å²) in [6.45, 7) is 0. The van der Waals surface area contributed by atoms with Crippen LogP contribution in [0.1, 0.15) is 21.8 Å². The Bertz CT molecular complexity index is 829. The first-order valence-corrected chi connectivity index (χ1v) is 10.1. The van der Waals surface area contributed by atoms with Crippen LogP contribution in [0, 0.1) is 0 Å². The Balaban J connectivity index is 2.12. The van der Waals surface area contributed by atoms with Crippen LogP contribution in [-0.2, 0) is 11.0 Å². The number of amides is 2. The molecule has 2 aromatic rings. The fourth-order valence-corrected chi connectivity index (χ4v) is 3.24. The second-order valence-corrected chi connectivity index (χ2v) is 7.37. The molecule has 1 heterocycles. The number of aromatic nitrogens is 2. The average molecular weight is 434 g/mol. The van der Waals surface area contributed by atoms with Gasteiger partial charge in [0.1, 0.15) is 11.8 Å². The zero-order valence-corrected chi connectivity index (χ0v) is 16.5. The molecule has 1 aromatic carbocycles. The number of thioether (sulfide) groups is 1. The van der Waals surface area contributed by atoms with Gasteiger partial charge in [0.2, 0.25) is 16.0 Å². The molecule has 0 aliphatic carbocycles. The molecule has 28 heavy (non-hydrogen) atoms. The molecule has 0 unspecified atom stereocenters. The number of nitrogens with one attached hydrogen (secondary N) is 2. The molecule has 0 bridgehead atoms. The van der Waals surface area contributed by atoms with E-state index in [-0.39, 0.29) is 28.5 Å². The van der Waals surface area contributed by atoms with Crippen molar-refractivity contribution in [2.24, 2.45) is 0 Å². The maximum atomic E-state index is 12.6. The van der Waals surface area contributed by atoms with Gasteiger partial charge in [0, 0.05) is 0 Å². The zero-order valence-electron chi connectivity index (χ0n) is 14.9. The van der Waals surface area contributed by atoms with Gasteiger partial charge in [-0.1, -0.05) is 23.5 Å². The molecule has 0 aliphatic rings. The summed E-state index contributed by atoms with van der Waals surface area (Å²) in [5.41, 5.74) is 0.238. The fraction of sp³-hybridized carbons (Fsp3) is 0.375. The van der Waals surface area contributed by atoms with Crippen molar-refractivity contribution in [1.29, 1.82) is 0 Å². The van der Waals surface area contributed by atoms with Crippen molar-refractivity contribution in [2.45, 2.75) is 18.6 Å². The molecule has 0 saturated heterocycles. The van der Waals surface area contributed by atoms with E-state index in [2.05, 4.69) is 20.8 Å². The molecule has 0 spiro atoms. The van der Waals surface area contributed by atoms with Gasteiger partial charge in [-0.2, -0.15) is 24.9 Å². The van der Waals surface area contributed by atoms with Gasteiger partial charge in [0.25, 0.3) is 5.91 Å². The van der Waals surface area contributed by atoms with Crippen LogP contribution < -0.4 is 15.4 Å². The van der Waals surface area contributed by atoms with Gasteiger partial charge in [-0.25, -0.2) is 0 Å². The summed E-state index contributed by atoms with van der Waals surface area (Å²) in [4.78, 5) is 25.0. The highest BCUT2D eigenvalue weighted by atomic mass is 32.2. The molecule has 0 saturated carbocycles. The molecule has 0 aliphatic heterocycles. The third-order valence-corrected chi connectivity index (χ3v) is 5.01. The van der Waals surface area contributed by atoms with Gasteiger partial charge in [-0.15, -0.1) is 10.2 Å². The van der Waals surface area contributed by atoms with Crippen molar-refractivity contribution in [3.05, 3.63) is 34.8 Å². The normalized spacial score (nSPS) is 12.3. The Morgan fingerprint density at radius 1 is 1.29 bits per heavy atom. The monoisotopic (exact) mass is 434 g/mol. The van der Waals surface area contributed by atoms with Crippen LogP contribution in [0.5, 0.6) is 5.75 Å². The average Bonchev–Trinajstić information content (AvgIpc) is 3.13. The number of ether oxygens (including phenoxy) is 1. The van der Waals surface area contributed by atoms with Crippen molar-refractivity contribution >= 4 is 40.0 Å². The second kappa shape index (κ2) is 9.73. The van der Waals surface area contributed by atoms with E-state index >= 15 is 0 Å². The minimum Gasteiger partial charge on any atom is -0.496 e. The Morgan fingerprint density at radius 2 is 2.00 bits per heavy atom. The van der Waals surface area contributed by atoms with E-state index in [0.717, 1.165) is 0 Å². The molecule has 1 atom stereocenters. The number of methoxy groups -OCH3 is 1. The highest BCUT2D eigenvalue weighted by Gasteiger charge is 2.36. The number of para-hydroxylation sites is 1. The van der Waals surface area contributed by atoms with Crippen molar-refractivity contribution in [3.63, 3.8) is 0 Å². The smallest absolute Gasteiger partial charge is 0.445 e. The summed E-state index contributed by atoms with van der Waals surface area (Å²) in [6.07, 6.45) is -2.53. The number of carbonyl (C=O) groups is 2. The second-order valence-electron chi connectivity index (χ2n) is 5.41. The molecule has 0 fully saturated rings. The molecule has 2 N–H and O–H groups in total. The lowest BCUT2D eigenvalue weighted by Crippen LogP contribution is -2.44. The van der Waals surface area contributed by atoms with Crippen molar-refractivity contribution in [3.8, 4) is 5.75 Å². The predicted octanol–water partition coefficient (Wildman–Crippen LogP) is 3.06. The van der Waals surface area contributed by atoms with Crippen LogP contribution in [0.3, 0.4) is 0 Å². The van der Waals surface area contributed by atoms with Gasteiger partial charge in [0.05, 0.1) is 12.7 Å². The van der Waals surface area contributed by atoms with Crippen LogP contribution in [-0.4, -0.2) is 47.2 Å². The standard InChI is InChI=1S/C16H17F3N4O3S2/c1-26-11-6-4-3-5-9(11)12(24)20-10(7-8-27-2)13(25)21-15-23-22-14(28-15)16(17,18)19/h3-6,10H,7-8H2,1-2H3,(H,20,24)(H,21,23,25)/t10-/m0/s1. The van der Waals surface area contributed by atoms with Crippen LogP contribution >= 0.6 is 23.1 Å². The van der Waals surface area contributed by atoms with E-state index in [1.165, 1.54) is 24.9 Å². The quantitative estimate of drug-likeness (QED) is 0.663. The summed E-state index contributed by atoms with van der Waals surface area (Å²) >= 11 is 1.68. The van der Waals surface area contributed by atoms with E-state index in [4.69, 9.17) is 4.74 Å². The largest absolute Gasteiger partial charge is 0.496 e. The number of hydrogen-bond donors (Lipinski definition) is 2. The van der Waals surface area contributed by atoms with E-state index in [0.29, 0.717) is 11.5 Å². The molecule has 2 amide bonds. The predicted molar refractivity (Wildman–Crippen MR) is 101 cm³/mol. The highest BCUT2D eigenvalue weighted by molar-refractivity contribution is 7.98. The minimum atomic E-state index is -4.64. The van der Waals surface area contributed by atoms with E-state index in [9.17, 15) is 22.8 Å². The number of halogens is 3. The van der Waals surface area contributed by atoms with Crippen LogP contribution in [0.15, 0.2) is 24.3 Å². The molecule has 0 radical (unpaired) electrons. The first-order valence-electron chi connectivity index (χ1n) is 7.90. The van der Waals surface area contributed by atoms with Crippen LogP contribution in [0.4, 0.5) is 18.3 Å². The summed E-state index contributed by atoms with van der Waals surface area (Å²) in [6, 6.07) is 5.52. The van der Waals surface area contributed by atoms with Crippen molar-refractivity contribution in [2.75, 3.05) is 24.4 Å². The lowest BCUT2D eigenvalue weighted by atomic mass is 10.1. The minimum absolute atomic E-state index is 0.214. The number of nitrogens with zero attached hydrogens (tertiary/aromatic N) is 2. The molecular weight excluding hydrogens is 417 g/mol. The third kappa shape index (κ3) is 5.83. The lowest BCUT2D eigenvalue weighted by molar-refractivity contribution is -0.138. The SMILES string of the molecule is COc1ccccc1C(=O)N[C@@H](CCSC)C(=O)Nc1nnc(C(F)(F)F)s1. The number of anilines is 1. The summed E-state index contributed by atoms with van der Waals surface area (Å²) < 4.78 is 43.0. The lowest BCUT2D eigenvalue weighted by Gasteiger charge is -2.18. The summed E-state index contributed by atoms with van der Waals surface area (Å²) in [5.74, 6) is -0.328. The highest BCUT2D eigenvalue weighted by Crippen LogP contribution is 2.33. The topological polar surface area (TPSA) is 93.2 Å². The summed E-state index contributed by atoms with van der Waals surface area (Å²) in [5, 5.41) is 9.75. The van der Waals surface area contributed by atoms with Gasteiger partial charge >= 0.3 is 6.18 Å². The first kappa shape index (κ1) is 22.0. The third-order valence-electron chi connectivity index (χ3n) is 3.48. The molecule has 152 valence electrons. The van der Waals surface area contributed by atoms with Crippen molar-refractivity contribution < 1.29 is 27.5 Å². The molecule has 2 rings (SSSR count). The van der Waals surface area contributed by atoms with E-state index in [1.54, 1.807) is 18.2 Å².